The van der Waals surface area contributed by atoms with Gasteiger partial charge in [-0.3, -0.25) is 14.7 Å². The van der Waals surface area contributed by atoms with Crippen LogP contribution in [0.25, 0.3) is 0 Å². The molecule has 4 rings (SSSR count). The Bertz CT molecular complexity index is 1040. The van der Waals surface area contributed by atoms with Gasteiger partial charge in [-0.1, -0.05) is 12.1 Å². The number of hydrogen-bond donors (Lipinski definition) is 1. The zero-order chi connectivity index (χ0) is 21.1. The van der Waals surface area contributed by atoms with Gasteiger partial charge in [0.25, 0.3) is 5.56 Å². The van der Waals surface area contributed by atoms with Crippen LogP contribution in [0, 0.1) is 6.92 Å². The first-order valence-corrected chi connectivity index (χ1v) is 10.3. The van der Waals surface area contributed by atoms with Gasteiger partial charge in [0.1, 0.15) is 11.6 Å². The first kappa shape index (κ1) is 20.1. The number of aromatic hydroxyl groups is 1. The molecule has 1 aliphatic heterocycles. The van der Waals surface area contributed by atoms with Crippen molar-refractivity contribution in [1.29, 1.82) is 0 Å². The smallest absolute Gasteiger partial charge is 0.259 e. The molecule has 30 heavy (non-hydrogen) atoms. The third-order valence-corrected chi connectivity index (χ3v) is 5.73. The summed E-state index contributed by atoms with van der Waals surface area (Å²) in [6.07, 6.45) is 3.53. The van der Waals surface area contributed by atoms with Crippen molar-refractivity contribution in [3.8, 4) is 5.75 Å². The van der Waals surface area contributed by atoms with E-state index in [1.54, 1.807) is 23.0 Å². The van der Waals surface area contributed by atoms with Gasteiger partial charge in [0, 0.05) is 50.8 Å². The average Bonchev–Trinajstić information content (AvgIpc) is 2.78. The molecule has 1 fully saturated rings. The van der Waals surface area contributed by atoms with Crippen molar-refractivity contribution in [3.05, 3.63) is 82.2 Å². The second-order valence-corrected chi connectivity index (χ2v) is 7.50. The molecule has 156 valence electrons. The molecule has 0 aromatic carbocycles. The summed E-state index contributed by atoms with van der Waals surface area (Å²) in [5.41, 5.74) is 1.76. The topological polar surface area (TPSA) is 74.5 Å². The maximum Gasteiger partial charge on any atom is 0.259 e. The number of anilines is 1. The van der Waals surface area contributed by atoms with Gasteiger partial charge in [-0.05, 0) is 44.2 Å². The molecule has 0 aliphatic carbocycles. The van der Waals surface area contributed by atoms with Gasteiger partial charge >= 0.3 is 0 Å². The van der Waals surface area contributed by atoms with Gasteiger partial charge in [0.2, 0.25) is 0 Å². The van der Waals surface area contributed by atoms with Crippen molar-refractivity contribution < 1.29 is 5.11 Å². The molecule has 0 saturated carbocycles. The maximum absolute atomic E-state index is 13.3. The summed E-state index contributed by atoms with van der Waals surface area (Å²) in [7, 11) is 0. The Morgan fingerprint density at radius 2 is 1.73 bits per heavy atom. The average molecular weight is 406 g/mol. The van der Waals surface area contributed by atoms with E-state index < -0.39 is 6.04 Å². The van der Waals surface area contributed by atoms with Crippen LogP contribution in [0.15, 0.2) is 59.7 Å². The van der Waals surface area contributed by atoms with Gasteiger partial charge < -0.3 is 14.6 Å². The predicted molar refractivity (Wildman–Crippen MR) is 117 cm³/mol. The van der Waals surface area contributed by atoms with Gasteiger partial charge in [-0.25, -0.2) is 4.98 Å². The van der Waals surface area contributed by atoms with Gasteiger partial charge in [0.15, 0.2) is 0 Å². The lowest BCUT2D eigenvalue weighted by molar-refractivity contribution is 0.204. The van der Waals surface area contributed by atoms with Crippen LogP contribution < -0.4 is 10.5 Å². The zero-order valence-electron chi connectivity index (χ0n) is 17.4. The van der Waals surface area contributed by atoms with E-state index in [0.717, 1.165) is 43.4 Å². The molecule has 3 aromatic rings. The molecule has 0 unspecified atom stereocenters. The van der Waals surface area contributed by atoms with Crippen molar-refractivity contribution in [2.75, 3.05) is 31.1 Å². The quantitative estimate of drug-likeness (QED) is 0.703. The van der Waals surface area contributed by atoms with Crippen LogP contribution in [0.1, 0.15) is 29.9 Å². The molecule has 3 aromatic heterocycles. The Morgan fingerprint density at radius 1 is 1.03 bits per heavy atom. The number of pyridine rings is 3. The maximum atomic E-state index is 13.3. The van der Waals surface area contributed by atoms with E-state index in [4.69, 9.17) is 0 Å². The van der Waals surface area contributed by atoms with Gasteiger partial charge in [-0.2, -0.15) is 0 Å². The predicted octanol–water partition coefficient (Wildman–Crippen LogP) is 2.58. The van der Waals surface area contributed by atoms with Crippen LogP contribution in [-0.4, -0.2) is 50.7 Å². The van der Waals surface area contributed by atoms with E-state index >= 15 is 0 Å². The van der Waals surface area contributed by atoms with Gasteiger partial charge in [-0.15, -0.1) is 0 Å². The van der Waals surface area contributed by atoms with Crippen LogP contribution in [0.2, 0.25) is 0 Å². The third kappa shape index (κ3) is 3.80. The largest absolute Gasteiger partial charge is 0.507 e. The van der Waals surface area contributed by atoms with E-state index in [9.17, 15) is 9.90 Å². The minimum atomic E-state index is -0.400. The SMILES string of the molecule is CCn1c(C)cc(O)c([C@H](c2ccccn2)N2CCN(c3ccccn3)CC2)c1=O. The summed E-state index contributed by atoms with van der Waals surface area (Å²) in [5.74, 6) is 0.989. The normalized spacial score (nSPS) is 15.9. The first-order chi connectivity index (χ1) is 14.6. The summed E-state index contributed by atoms with van der Waals surface area (Å²) in [4.78, 5) is 26.8. The van der Waals surface area contributed by atoms with Crippen LogP contribution in [0.3, 0.4) is 0 Å². The molecule has 0 radical (unpaired) electrons. The van der Waals surface area contributed by atoms with E-state index in [2.05, 4.69) is 19.8 Å². The number of piperazine rings is 1. The second kappa shape index (κ2) is 8.67. The van der Waals surface area contributed by atoms with Crippen LogP contribution >= 0.6 is 0 Å². The molecule has 0 spiro atoms. The Kier molecular flexibility index (Phi) is 5.81. The molecule has 1 atom stereocenters. The van der Waals surface area contributed by atoms with E-state index in [-0.39, 0.29) is 11.3 Å². The van der Waals surface area contributed by atoms with E-state index in [1.807, 2.05) is 50.2 Å². The lowest BCUT2D eigenvalue weighted by atomic mass is 10.00. The van der Waals surface area contributed by atoms with E-state index in [0.29, 0.717) is 12.1 Å². The van der Waals surface area contributed by atoms with Crippen molar-refractivity contribution in [2.24, 2.45) is 0 Å². The summed E-state index contributed by atoms with van der Waals surface area (Å²) >= 11 is 0. The molecule has 0 bridgehead atoms. The fraction of sp³-hybridized carbons (Fsp3) is 0.348. The highest BCUT2D eigenvalue weighted by atomic mass is 16.3. The van der Waals surface area contributed by atoms with Crippen LogP contribution in [0.5, 0.6) is 5.75 Å². The van der Waals surface area contributed by atoms with Crippen molar-refractivity contribution >= 4 is 5.82 Å². The number of nitrogens with zero attached hydrogens (tertiary/aromatic N) is 5. The highest BCUT2D eigenvalue weighted by Crippen LogP contribution is 2.32. The molecule has 1 saturated heterocycles. The molecule has 0 amide bonds. The van der Waals surface area contributed by atoms with Crippen LogP contribution in [-0.2, 0) is 6.54 Å². The molecule has 1 N–H and O–H groups in total. The Balaban J connectivity index is 1.71. The zero-order valence-corrected chi connectivity index (χ0v) is 17.4. The second-order valence-electron chi connectivity index (χ2n) is 7.50. The number of rotatable bonds is 5. The minimum absolute atomic E-state index is 0.0324. The lowest BCUT2D eigenvalue weighted by Gasteiger charge is -2.39. The fourth-order valence-electron chi connectivity index (χ4n) is 4.22. The number of hydrogen-bond acceptors (Lipinski definition) is 6. The van der Waals surface area contributed by atoms with Crippen molar-refractivity contribution in [3.63, 3.8) is 0 Å². The molecule has 4 heterocycles. The molecule has 7 nitrogen and oxygen atoms in total. The summed E-state index contributed by atoms with van der Waals surface area (Å²) in [5, 5.41) is 10.8. The molecule has 1 aliphatic rings. The monoisotopic (exact) mass is 405 g/mol. The van der Waals surface area contributed by atoms with Crippen LogP contribution in [0.4, 0.5) is 5.82 Å². The van der Waals surface area contributed by atoms with E-state index in [1.165, 1.54) is 0 Å². The lowest BCUT2D eigenvalue weighted by Crippen LogP contribution is -2.49. The fourth-order valence-corrected chi connectivity index (χ4v) is 4.22. The summed E-state index contributed by atoms with van der Waals surface area (Å²) in [6, 6.07) is 12.9. The standard InChI is InChI=1S/C23H27N5O2/c1-3-28-17(2)16-19(29)21(23(28)30)22(18-8-4-6-10-24-18)27-14-12-26(13-15-27)20-9-5-7-11-25-20/h4-11,16,22,29H,3,12-15H2,1-2H3/t22-/m0/s1. The molecule has 7 heteroatoms. The Labute approximate surface area is 176 Å². The molecular formula is C23H27N5O2. The van der Waals surface area contributed by atoms with Gasteiger partial charge in [0.05, 0.1) is 17.3 Å². The third-order valence-electron chi connectivity index (χ3n) is 5.73. The first-order valence-electron chi connectivity index (χ1n) is 10.3. The Morgan fingerprint density at radius 3 is 2.33 bits per heavy atom. The number of aromatic nitrogens is 3. The highest BCUT2D eigenvalue weighted by Gasteiger charge is 2.32. The summed E-state index contributed by atoms with van der Waals surface area (Å²) < 4.78 is 1.70. The minimum Gasteiger partial charge on any atom is -0.507 e. The Hall–Kier alpha value is -3.19. The highest BCUT2D eigenvalue weighted by molar-refractivity contribution is 5.41. The number of aryl methyl sites for hydroxylation is 1. The molecular weight excluding hydrogens is 378 g/mol. The van der Waals surface area contributed by atoms with Crippen molar-refractivity contribution in [1.82, 2.24) is 19.4 Å². The summed E-state index contributed by atoms with van der Waals surface area (Å²) in [6.45, 7) is 7.38. The van der Waals surface area contributed by atoms with Crippen molar-refractivity contribution in [2.45, 2.75) is 26.4 Å².